The third-order valence-electron chi connectivity index (χ3n) is 2.49. The molecule has 100 valence electrons. The first-order valence-electron chi connectivity index (χ1n) is 5.90. The van der Waals surface area contributed by atoms with Gasteiger partial charge in [-0.2, -0.15) is 11.8 Å². The quantitative estimate of drug-likeness (QED) is 0.781. The van der Waals surface area contributed by atoms with Crippen LogP contribution in [0.3, 0.4) is 0 Å². The number of aliphatic hydroxyl groups is 1. The minimum absolute atomic E-state index is 0.0415. The number of thioether (sulfide) groups is 1. The molecule has 1 aromatic heterocycles. The number of nitrogens with zero attached hydrogens (tertiary/aromatic N) is 1. The van der Waals surface area contributed by atoms with Crippen LogP contribution >= 0.6 is 11.8 Å². The molecule has 1 rings (SSSR count). The van der Waals surface area contributed by atoms with E-state index in [2.05, 4.69) is 10.3 Å². The first kappa shape index (κ1) is 15.0. The van der Waals surface area contributed by atoms with Gasteiger partial charge < -0.3 is 10.4 Å². The summed E-state index contributed by atoms with van der Waals surface area (Å²) in [6.07, 6.45) is 6.49. The first-order valence-corrected chi connectivity index (χ1v) is 7.30. The van der Waals surface area contributed by atoms with E-state index >= 15 is 0 Å². The third kappa shape index (κ3) is 6.02. The van der Waals surface area contributed by atoms with Crippen molar-refractivity contribution in [2.24, 2.45) is 0 Å². The van der Waals surface area contributed by atoms with Crippen molar-refractivity contribution < 1.29 is 9.90 Å². The summed E-state index contributed by atoms with van der Waals surface area (Å²) in [6, 6.07) is 3.81. The number of aryl methyl sites for hydroxylation is 1. The Labute approximate surface area is 112 Å². The highest BCUT2D eigenvalue weighted by Crippen LogP contribution is 2.09. The molecule has 1 atom stereocenters. The lowest BCUT2D eigenvalue weighted by atomic mass is 10.1. The number of carbonyl (C=O) groups excluding carboxylic acids is 1. The van der Waals surface area contributed by atoms with Crippen LogP contribution in [-0.2, 0) is 11.2 Å². The standard InChI is InChI=1S/C13H20N2O2S/c1-13(17,10-18-2)9-15-12(16)6-5-11-4-3-7-14-8-11/h3-4,7-8,17H,5-6,9-10H2,1-2H3,(H,15,16). The lowest BCUT2D eigenvalue weighted by Crippen LogP contribution is -2.42. The molecule has 0 spiro atoms. The third-order valence-corrected chi connectivity index (χ3v) is 3.40. The molecule has 2 N–H and O–H groups in total. The van der Waals surface area contributed by atoms with E-state index in [0.29, 0.717) is 25.1 Å². The molecule has 4 nitrogen and oxygen atoms in total. The van der Waals surface area contributed by atoms with E-state index in [1.807, 2.05) is 18.4 Å². The fourth-order valence-electron chi connectivity index (χ4n) is 1.54. The number of pyridine rings is 1. The summed E-state index contributed by atoms with van der Waals surface area (Å²) in [5, 5.41) is 12.7. The Bertz CT molecular complexity index is 369. The summed E-state index contributed by atoms with van der Waals surface area (Å²) in [5.74, 6) is 0.566. The van der Waals surface area contributed by atoms with Gasteiger partial charge in [-0.05, 0) is 31.2 Å². The van der Waals surface area contributed by atoms with Crippen molar-refractivity contribution in [3.8, 4) is 0 Å². The molecule has 0 bridgehead atoms. The second-order valence-electron chi connectivity index (χ2n) is 4.57. The van der Waals surface area contributed by atoms with Crippen molar-refractivity contribution in [3.63, 3.8) is 0 Å². The van der Waals surface area contributed by atoms with Crippen LogP contribution in [0.5, 0.6) is 0 Å². The average molecular weight is 268 g/mol. The zero-order valence-corrected chi connectivity index (χ0v) is 11.7. The van der Waals surface area contributed by atoms with Crippen LogP contribution in [0.4, 0.5) is 0 Å². The molecule has 1 aromatic rings. The fraction of sp³-hybridized carbons (Fsp3) is 0.538. The van der Waals surface area contributed by atoms with Crippen molar-refractivity contribution in [2.45, 2.75) is 25.4 Å². The highest BCUT2D eigenvalue weighted by molar-refractivity contribution is 7.98. The zero-order valence-electron chi connectivity index (χ0n) is 10.8. The highest BCUT2D eigenvalue weighted by Gasteiger charge is 2.20. The number of carbonyl (C=O) groups is 1. The second kappa shape index (κ2) is 7.38. The number of amides is 1. The average Bonchev–Trinajstić information content (AvgIpc) is 2.35. The molecular formula is C13H20N2O2S. The van der Waals surface area contributed by atoms with Crippen LogP contribution in [0.25, 0.3) is 0 Å². The highest BCUT2D eigenvalue weighted by atomic mass is 32.2. The van der Waals surface area contributed by atoms with Gasteiger partial charge in [0, 0.05) is 31.1 Å². The minimum Gasteiger partial charge on any atom is -0.387 e. The summed E-state index contributed by atoms with van der Waals surface area (Å²) in [7, 11) is 0. The summed E-state index contributed by atoms with van der Waals surface area (Å²) in [4.78, 5) is 15.6. The number of rotatable bonds is 7. The predicted octanol–water partition coefficient (Wildman–Crippen LogP) is 1.24. The van der Waals surface area contributed by atoms with Gasteiger partial charge in [-0.25, -0.2) is 0 Å². The summed E-state index contributed by atoms with van der Waals surface area (Å²) in [5.41, 5.74) is 0.201. The molecule has 0 radical (unpaired) electrons. The van der Waals surface area contributed by atoms with E-state index in [1.54, 1.807) is 31.1 Å². The fourth-order valence-corrected chi connectivity index (χ4v) is 2.27. The molecule has 0 saturated carbocycles. The van der Waals surface area contributed by atoms with Crippen molar-refractivity contribution in [3.05, 3.63) is 30.1 Å². The molecule has 0 aliphatic carbocycles. The minimum atomic E-state index is -0.844. The van der Waals surface area contributed by atoms with Gasteiger partial charge >= 0.3 is 0 Å². The van der Waals surface area contributed by atoms with Crippen LogP contribution in [-0.4, -0.2) is 40.2 Å². The second-order valence-corrected chi connectivity index (χ2v) is 5.43. The molecule has 1 heterocycles. The largest absolute Gasteiger partial charge is 0.387 e. The molecule has 0 aromatic carbocycles. The van der Waals surface area contributed by atoms with Gasteiger partial charge in [0.2, 0.25) is 5.91 Å². The Morgan fingerprint density at radius 1 is 1.61 bits per heavy atom. The molecule has 0 saturated heterocycles. The van der Waals surface area contributed by atoms with Gasteiger partial charge in [0.15, 0.2) is 0 Å². The maximum Gasteiger partial charge on any atom is 0.220 e. The van der Waals surface area contributed by atoms with Crippen LogP contribution < -0.4 is 5.32 Å². The number of aromatic nitrogens is 1. The van der Waals surface area contributed by atoms with Gasteiger partial charge in [-0.15, -0.1) is 0 Å². The van der Waals surface area contributed by atoms with Gasteiger partial charge in [0.1, 0.15) is 0 Å². The smallest absolute Gasteiger partial charge is 0.220 e. The lowest BCUT2D eigenvalue weighted by Gasteiger charge is -2.22. The molecular weight excluding hydrogens is 248 g/mol. The Balaban J connectivity index is 2.26. The van der Waals surface area contributed by atoms with Crippen molar-refractivity contribution in [2.75, 3.05) is 18.6 Å². The van der Waals surface area contributed by atoms with Gasteiger partial charge in [-0.1, -0.05) is 6.07 Å². The van der Waals surface area contributed by atoms with Crippen molar-refractivity contribution >= 4 is 17.7 Å². The Morgan fingerprint density at radius 2 is 2.39 bits per heavy atom. The maximum atomic E-state index is 11.6. The molecule has 5 heteroatoms. The van der Waals surface area contributed by atoms with E-state index in [-0.39, 0.29) is 5.91 Å². The predicted molar refractivity (Wildman–Crippen MR) is 74.6 cm³/mol. The monoisotopic (exact) mass is 268 g/mol. The Kier molecular flexibility index (Phi) is 6.15. The number of nitrogens with one attached hydrogen (secondary N) is 1. The molecule has 0 aliphatic heterocycles. The van der Waals surface area contributed by atoms with E-state index in [9.17, 15) is 9.90 Å². The van der Waals surface area contributed by atoms with Gasteiger partial charge in [0.25, 0.3) is 0 Å². The summed E-state index contributed by atoms with van der Waals surface area (Å²) >= 11 is 1.56. The van der Waals surface area contributed by atoms with Crippen LogP contribution in [0.2, 0.25) is 0 Å². The molecule has 0 fully saturated rings. The van der Waals surface area contributed by atoms with E-state index < -0.39 is 5.60 Å². The van der Waals surface area contributed by atoms with Crippen LogP contribution in [0.1, 0.15) is 18.9 Å². The lowest BCUT2D eigenvalue weighted by molar-refractivity contribution is -0.122. The molecule has 1 unspecified atom stereocenters. The van der Waals surface area contributed by atoms with E-state index in [4.69, 9.17) is 0 Å². The molecule has 0 aliphatic rings. The summed E-state index contributed by atoms with van der Waals surface area (Å²) in [6.45, 7) is 2.02. The molecule has 18 heavy (non-hydrogen) atoms. The van der Waals surface area contributed by atoms with Crippen molar-refractivity contribution in [1.29, 1.82) is 0 Å². The number of hydrogen-bond acceptors (Lipinski definition) is 4. The summed E-state index contributed by atoms with van der Waals surface area (Å²) < 4.78 is 0. The SMILES string of the molecule is CSCC(C)(O)CNC(=O)CCc1cccnc1. The Morgan fingerprint density at radius 3 is 3.00 bits per heavy atom. The van der Waals surface area contributed by atoms with Crippen LogP contribution in [0, 0.1) is 0 Å². The van der Waals surface area contributed by atoms with Gasteiger partial charge in [-0.3, -0.25) is 9.78 Å². The normalized spacial score (nSPS) is 13.9. The Hall–Kier alpha value is -1.07. The zero-order chi connectivity index (χ0) is 13.4. The van der Waals surface area contributed by atoms with Gasteiger partial charge in [0.05, 0.1) is 5.60 Å². The maximum absolute atomic E-state index is 11.6. The number of hydrogen-bond donors (Lipinski definition) is 2. The van der Waals surface area contributed by atoms with E-state index in [0.717, 1.165) is 5.56 Å². The van der Waals surface area contributed by atoms with E-state index in [1.165, 1.54) is 0 Å². The topological polar surface area (TPSA) is 62.2 Å². The molecule has 1 amide bonds. The van der Waals surface area contributed by atoms with Crippen LogP contribution in [0.15, 0.2) is 24.5 Å². The van der Waals surface area contributed by atoms with Crippen molar-refractivity contribution in [1.82, 2.24) is 10.3 Å². The first-order chi connectivity index (χ1) is 8.53.